The van der Waals surface area contributed by atoms with Gasteiger partial charge in [0, 0.05) is 28.8 Å². The average molecular weight is 475 g/mol. The average Bonchev–Trinajstić information content (AvgIpc) is 2.81. The van der Waals surface area contributed by atoms with Gasteiger partial charge in [-0.1, -0.05) is 18.2 Å². The second-order valence-electron chi connectivity index (χ2n) is 7.68. The third-order valence-electron chi connectivity index (χ3n) is 5.31. The first-order chi connectivity index (χ1) is 16.0. The summed E-state index contributed by atoms with van der Waals surface area (Å²) in [4.78, 5) is 23.9. The van der Waals surface area contributed by atoms with Crippen molar-refractivity contribution < 1.29 is 24.2 Å². The molecule has 1 heterocycles. The Kier molecular flexibility index (Phi) is 11.6. The van der Waals surface area contributed by atoms with Crippen LogP contribution in [-0.2, 0) is 16.1 Å². The molecule has 2 aromatic rings. The zero-order valence-corrected chi connectivity index (χ0v) is 20.4. The van der Waals surface area contributed by atoms with Crippen molar-refractivity contribution in [3.05, 3.63) is 53.6 Å². The summed E-state index contributed by atoms with van der Waals surface area (Å²) in [5.74, 6) is 1.45. The van der Waals surface area contributed by atoms with Gasteiger partial charge < -0.3 is 19.9 Å². The van der Waals surface area contributed by atoms with Crippen molar-refractivity contribution in [3.8, 4) is 11.5 Å². The molecule has 0 bridgehead atoms. The van der Waals surface area contributed by atoms with Crippen LogP contribution in [0, 0.1) is 6.92 Å². The lowest BCUT2D eigenvalue weighted by atomic mass is 10.1. The van der Waals surface area contributed by atoms with Gasteiger partial charge >= 0.3 is 0 Å². The third kappa shape index (κ3) is 8.98. The van der Waals surface area contributed by atoms with E-state index in [0.29, 0.717) is 17.5 Å². The molecule has 3 rings (SSSR count). The quantitative estimate of drug-likeness (QED) is 0.532. The van der Waals surface area contributed by atoms with E-state index in [4.69, 9.17) is 19.4 Å². The van der Waals surface area contributed by atoms with Crippen molar-refractivity contribution in [1.29, 1.82) is 0 Å². The summed E-state index contributed by atoms with van der Waals surface area (Å²) in [5.41, 5.74) is 2.45. The van der Waals surface area contributed by atoms with Crippen LogP contribution in [0.2, 0.25) is 0 Å². The largest absolute Gasteiger partial charge is 0.496 e. The molecular weight excluding hydrogens is 440 g/mol. The summed E-state index contributed by atoms with van der Waals surface area (Å²) >= 11 is 2.01. The maximum Gasteiger partial charge on any atom is 0.290 e. The molecule has 0 spiro atoms. The molecule has 0 aromatic heterocycles. The number of methoxy groups -OCH3 is 1. The minimum absolute atomic E-state index is 0.0289. The van der Waals surface area contributed by atoms with Crippen molar-refractivity contribution in [1.82, 2.24) is 10.2 Å². The number of nitrogens with zero attached hydrogens (tertiary/aromatic N) is 1. The highest BCUT2D eigenvalue weighted by atomic mass is 32.2. The third-order valence-corrected chi connectivity index (χ3v) is 6.83. The minimum atomic E-state index is -0.250. The molecule has 1 aliphatic heterocycles. The van der Waals surface area contributed by atoms with Gasteiger partial charge in [0.1, 0.15) is 11.5 Å². The molecule has 0 aliphatic carbocycles. The smallest absolute Gasteiger partial charge is 0.290 e. The molecular formula is C25H34N2O5S. The van der Waals surface area contributed by atoms with Crippen LogP contribution in [-0.4, -0.2) is 61.0 Å². The SMILES string of the molecule is CCNC(=O)COc1ccc(OC)c(CN2CCC(Sc3ccccc3C)CC2)c1.O=CO. The van der Waals surface area contributed by atoms with Crippen LogP contribution in [0.25, 0.3) is 0 Å². The Labute approximate surface area is 200 Å². The van der Waals surface area contributed by atoms with Gasteiger partial charge in [-0.3, -0.25) is 14.5 Å². The van der Waals surface area contributed by atoms with E-state index in [-0.39, 0.29) is 19.0 Å². The van der Waals surface area contributed by atoms with E-state index in [1.54, 1.807) is 7.11 Å². The summed E-state index contributed by atoms with van der Waals surface area (Å²) in [5, 5.41) is 10.3. The predicted molar refractivity (Wildman–Crippen MR) is 131 cm³/mol. The molecule has 0 atom stereocenters. The Morgan fingerprint density at radius 3 is 2.58 bits per heavy atom. The zero-order chi connectivity index (χ0) is 24.1. The second kappa shape index (κ2) is 14.4. The molecule has 0 unspecified atom stereocenters. The number of hydrogen-bond acceptors (Lipinski definition) is 6. The Bertz CT molecular complexity index is 885. The van der Waals surface area contributed by atoms with E-state index in [1.807, 2.05) is 36.9 Å². The van der Waals surface area contributed by atoms with E-state index in [1.165, 1.54) is 23.3 Å². The topological polar surface area (TPSA) is 88.1 Å². The Morgan fingerprint density at radius 2 is 1.94 bits per heavy atom. The van der Waals surface area contributed by atoms with Crippen molar-refractivity contribution in [3.63, 3.8) is 0 Å². The number of ether oxygens (including phenoxy) is 2. The highest BCUT2D eigenvalue weighted by molar-refractivity contribution is 8.00. The molecule has 1 amide bonds. The Hall–Kier alpha value is -2.71. The van der Waals surface area contributed by atoms with E-state index in [2.05, 4.69) is 41.4 Å². The fourth-order valence-corrected chi connectivity index (χ4v) is 4.88. The lowest BCUT2D eigenvalue weighted by Gasteiger charge is -2.32. The van der Waals surface area contributed by atoms with Crippen molar-refractivity contribution in [2.75, 3.05) is 33.4 Å². The van der Waals surface area contributed by atoms with Gasteiger partial charge in [0.25, 0.3) is 12.4 Å². The first kappa shape index (κ1) is 26.5. The molecule has 1 fully saturated rings. The summed E-state index contributed by atoms with van der Waals surface area (Å²) in [6.07, 6.45) is 2.35. The Morgan fingerprint density at radius 1 is 1.24 bits per heavy atom. The molecule has 0 radical (unpaired) electrons. The van der Waals surface area contributed by atoms with Gasteiger partial charge in [-0.15, -0.1) is 11.8 Å². The number of likely N-dealkylation sites (tertiary alicyclic amines) is 1. The molecule has 1 saturated heterocycles. The summed E-state index contributed by atoms with van der Waals surface area (Å²) in [6, 6.07) is 14.4. The number of hydrogen-bond donors (Lipinski definition) is 2. The van der Waals surface area contributed by atoms with Crippen LogP contribution < -0.4 is 14.8 Å². The van der Waals surface area contributed by atoms with Crippen molar-refractivity contribution >= 4 is 24.1 Å². The monoisotopic (exact) mass is 474 g/mol. The van der Waals surface area contributed by atoms with Gasteiger partial charge in [-0.2, -0.15) is 0 Å². The molecule has 0 saturated carbocycles. The number of amides is 1. The summed E-state index contributed by atoms with van der Waals surface area (Å²) in [6.45, 7) is 7.42. The molecule has 2 aromatic carbocycles. The highest BCUT2D eigenvalue weighted by Gasteiger charge is 2.21. The van der Waals surface area contributed by atoms with Crippen molar-refractivity contribution in [2.24, 2.45) is 0 Å². The molecule has 7 nitrogen and oxygen atoms in total. The molecule has 1 aliphatic rings. The molecule has 2 N–H and O–H groups in total. The van der Waals surface area contributed by atoms with Crippen LogP contribution in [0.5, 0.6) is 11.5 Å². The second-order valence-corrected chi connectivity index (χ2v) is 9.02. The normalized spacial score (nSPS) is 14.0. The molecule has 33 heavy (non-hydrogen) atoms. The number of thioether (sulfide) groups is 1. The number of aryl methyl sites for hydroxylation is 1. The van der Waals surface area contributed by atoms with Crippen molar-refractivity contribution in [2.45, 2.75) is 43.4 Å². The van der Waals surface area contributed by atoms with Gasteiger partial charge in [0.15, 0.2) is 6.61 Å². The summed E-state index contributed by atoms with van der Waals surface area (Å²) < 4.78 is 11.2. The maximum atomic E-state index is 11.7. The number of benzene rings is 2. The van der Waals surface area contributed by atoms with Gasteiger partial charge in [-0.05, 0) is 69.6 Å². The number of piperidine rings is 1. The summed E-state index contributed by atoms with van der Waals surface area (Å²) in [7, 11) is 1.69. The number of carboxylic acid groups (broad SMARTS) is 1. The van der Waals surface area contributed by atoms with E-state index in [0.717, 1.165) is 30.9 Å². The fraction of sp³-hybridized carbons (Fsp3) is 0.440. The fourth-order valence-electron chi connectivity index (χ4n) is 3.66. The van der Waals surface area contributed by atoms with Crippen LogP contribution in [0.3, 0.4) is 0 Å². The molecule has 8 heteroatoms. The zero-order valence-electron chi connectivity index (χ0n) is 19.6. The number of carbonyl (C=O) groups excluding carboxylic acids is 1. The van der Waals surface area contributed by atoms with E-state index >= 15 is 0 Å². The number of likely N-dealkylation sites (N-methyl/N-ethyl adjacent to an activating group) is 1. The number of carbonyl (C=O) groups is 2. The lowest BCUT2D eigenvalue weighted by Crippen LogP contribution is -2.34. The van der Waals surface area contributed by atoms with E-state index in [9.17, 15) is 4.79 Å². The predicted octanol–water partition coefficient (Wildman–Crippen LogP) is 3.98. The minimum Gasteiger partial charge on any atom is -0.496 e. The Balaban J connectivity index is 0.00000122. The van der Waals surface area contributed by atoms with Crippen LogP contribution in [0.15, 0.2) is 47.4 Å². The van der Waals surface area contributed by atoms with Gasteiger partial charge in [-0.25, -0.2) is 0 Å². The van der Waals surface area contributed by atoms with Gasteiger partial charge in [0.05, 0.1) is 7.11 Å². The number of nitrogens with one attached hydrogen (secondary N) is 1. The first-order valence-corrected chi connectivity index (χ1v) is 12.0. The van der Waals surface area contributed by atoms with Crippen LogP contribution >= 0.6 is 11.8 Å². The standard InChI is InChI=1S/C24H32N2O3S.CH2O2/c1-4-25-24(27)17-29-20-9-10-22(28-3)19(15-20)16-26-13-11-21(12-14-26)30-23-8-6-5-7-18(23)2;2-1-3/h5-10,15,21H,4,11-14,16-17H2,1-3H3,(H,25,27);1H,(H,2,3). The highest BCUT2D eigenvalue weighted by Crippen LogP contribution is 2.33. The van der Waals surface area contributed by atoms with Gasteiger partial charge in [0.2, 0.25) is 0 Å². The van der Waals surface area contributed by atoms with Crippen LogP contribution in [0.4, 0.5) is 0 Å². The number of rotatable bonds is 9. The maximum absolute atomic E-state index is 11.7. The molecule has 180 valence electrons. The van der Waals surface area contributed by atoms with E-state index < -0.39 is 0 Å². The lowest BCUT2D eigenvalue weighted by molar-refractivity contribution is -0.123. The van der Waals surface area contributed by atoms with Crippen LogP contribution in [0.1, 0.15) is 30.9 Å². The first-order valence-electron chi connectivity index (χ1n) is 11.1.